The van der Waals surface area contributed by atoms with Gasteiger partial charge in [0.25, 0.3) is 5.91 Å². The van der Waals surface area contributed by atoms with Crippen molar-refractivity contribution in [2.24, 2.45) is 0 Å². The van der Waals surface area contributed by atoms with Crippen LogP contribution in [-0.4, -0.2) is 40.0 Å². The van der Waals surface area contributed by atoms with Crippen molar-refractivity contribution in [1.29, 1.82) is 0 Å². The van der Waals surface area contributed by atoms with Crippen LogP contribution in [0, 0.1) is 13.8 Å². The zero-order valence-electron chi connectivity index (χ0n) is 12.9. The van der Waals surface area contributed by atoms with Crippen LogP contribution < -0.4 is 4.74 Å². The van der Waals surface area contributed by atoms with E-state index in [2.05, 4.69) is 9.97 Å². The predicted molar refractivity (Wildman–Crippen MR) is 81.1 cm³/mol. The van der Waals surface area contributed by atoms with Crippen LogP contribution in [0.1, 0.15) is 26.1 Å². The molecule has 1 amide bonds. The molecule has 9 heteroatoms. The van der Waals surface area contributed by atoms with Gasteiger partial charge in [-0.1, -0.05) is 6.07 Å². The molecule has 24 heavy (non-hydrogen) atoms. The number of hydrogen-bond acceptors (Lipinski definition) is 5. The van der Waals surface area contributed by atoms with E-state index in [4.69, 9.17) is 4.74 Å². The van der Waals surface area contributed by atoms with Gasteiger partial charge < -0.3 is 9.64 Å². The van der Waals surface area contributed by atoms with Gasteiger partial charge in [-0.25, -0.2) is 9.97 Å². The SMILES string of the molecule is Cc1nc(C)c(C(=O)N2CC(Oc3cccc(C(F)(F)F)n3)C2)s1. The van der Waals surface area contributed by atoms with Gasteiger partial charge in [-0.05, 0) is 19.9 Å². The maximum Gasteiger partial charge on any atom is 0.433 e. The molecule has 128 valence electrons. The van der Waals surface area contributed by atoms with E-state index in [0.717, 1.165) is 11.1 Å². The van der Waals surface area contributed by atoms with Crippen molar-refractivity contribution in [2.75, 3.05) is 13.1 Å². The number of amides is 1. The van der Waals surface area contributed by atoms with Crippen molar-refractivity contribution in [2.45, 2.75) is 26.1 Å². The molecule has 0 aromatic carbocycles. The molecule has 0 N–H and O–H groups in total. The zero-order valence-corrected chi connectivity index (χ0v) is 13.7. The Morgan fingerprint density at radius 2 is 2.00 bits per heavy atom. The van der Waals surface area contributed by atoms with Gasteiger partial charge in [-0.2, -0.15) is 13.2 Å². The van der Waals surface area contributed by atoms with Gasteiger partial charge in [0.2, 0.25) is 5.88 Å². The van der Waals surface area contributed by atoms with Crippen molar-refractivity contribution in [3.63, 3.8) is 0 Å². The molecule has 1 fully saturated rings. The van der Waals surface area contributed by atoms with E-state index in [-0.39, 0.29) is 17.9 Å². The minimum atomic E-state index is -4.51. The van der Waals surface area contributed by atoms with E-state index in [1.165, 1.54) is 23.5 Å². The predicted octanol–water partition coefficient (Wildman–Crippen LogP) is 3.08. The van der Waals surface area contributed by atoms with E-state index >= 15 is 0 Å². The quantitative estimate of drug-likeness (QED) is 0.847. The molecule has 1 aliphatic heterocycles. The molecule has 5 nitrogen and oxygen atoms in total. The number of pyridine rings is 1. The molecule has 0 spiro atoms. The Morgan fingerprint density at radius 1 is 1.29 bits per heavy atom. The summed E-state index contributed by atoms with van der Waals surface area (Å²) in [5.41, 5.74) is -0.311. The van der Waals surface area contributed by atoms with Crippen LogP contribution in [-0.2, 0) is 6.18 Å². The van der Waals surface area contributed by atoms with Crippen LogP contribution in [0.15, 0.2) is 18.2 Å². The fraction of sp³-hybridized carbons (Fsp3) is 0.400. The average Bonchev–Trinajstić information content (AvgIpc) is 2.80. The topological polar surface area (TPSA) is 55.3 Å². The molecule has 0 bridgehead atoms. The van der Waals surface area contributed by atoms with Gasteiger partial charge in [0.15, 0.2) is 0 Å². The first-order chi connectivity index (χ1) is 11.2. The van der Waals surface area contributed by atoms with Crippen LogP contribution in [0.2, 0.25) is 0 Å². The third-order valence-corrected chi connectivity index (χ3v) is 4.60. The van der Waals surface area contributed by atoms with E-state index < -0.39 is 11.9 Å². The number of hydrogen-bond donors (Lipinski definition) is 0. The highest BCUT2D eigenvalue weighted by atomic mass is 32.1. The summed E-state index contributed by atoms with van der Waals surface area (Å²) in [6, 6.07) is 3.50. The van der Waals surface area contributed by atoms with Crippen LogP contribution in [0.3, 0.4) is 0 Å². The number of carbonyl (C=O) groups is 1. The number of rotatable bonds is 3. The molecular formula is C15H14F3N3O2S. The lowest BCUT2D eigenvalue weighted by Gasteiger charge is -2.38. The Balaban J connectivity index is 1.60. The lowest BCUT2D eigenvalue weighted by Crippen LogP contribution is -2.56. The average molecular weight is 357 g/mol. The molecule has 2 aromatic rings. The standard InChI is InChI=1S/C15H14F3N3O2S/c1-8-13(24-9(2)19-8)14(22)21-6-10(7-21)23-12-5-3-4-11(20-12)15(16,17)18/h3-5,10H,6-7H2,1-2H3. The maximum atomic E-state index is 12.6. The summed E-state index contributed by atoms with van der Waals surface area (Å²) in [6.45, 7) is 4.23. The summed E-state index contributed by atoms with van der Waals surface area (Å²) in [4.78, 5) is 22.2. The summed E-state index contributed by atoms with van der Waals surface area (Å²) < 4.78 is 43.3. The number of ether oxygens (including phenoxy) is 1. The molecule has 3 rings (SSSR count). The number of thiazole rings is 1. The molecule has 1 aliphatic rings. The normalized spacial score (nSPS) is 15.3. The first-order valence-corrected chi connectivity index (χ1v) is 8.00. The summed E-state index contributed by atoms with van der Waals surface area (Å²) >= 11 is 1.33. The number of aryl methyl sites for hydroxylation is 2. The molecule has 0 aliphatic carbocycles. The van der Waals surface area contributed by atoms with Crippen LogP contribution >= 0.6 is 11.3 Å². The van der Waals surface area contributed by atoms with Crippen LogP contribution in [0.4, 0.5) is 13.2 Å². The number of halogens is 3. The molecule has 0 unspecified atom stereocenters. The van der Waals surface area contributed by atoms with E-state index in [9.17, 15) is 18.0 Å². The molecule has 2 aromatic heterocycles. The first-order valence-electron chi connectivity index (χ1n) is 7.18. The second kappa shape index (κ2) is 6.04. The highest BCUT2D eigenvalue weighted by Crippen LogP contribution is 2.29. The highest BCUT2D eigenvalue weighted by Gasteiger charge is 2.36. The van der Waals surface area contributed by atoms with Crippen molar-refractivity contribution >= 4 is 17.2 Å². The highest BCUT2D eigenvalue weighted by molar-refractivity contribution is 7.13. The Kier molecular flexibility index (Phi) is 4.20. The zero-order chi connectivity index (χ0) is 17.5. The second-order valence-electron chi connectivity index (χ2n) is 5.46. The first kappa shape index (κ1) is 16.7. The third-order valence-electron chi connectivity index (χ3n) is 3.53. The molecule has 0 saturated carbocycles. The summed E-state index contributed by atoms with van der Waals surface area (Å²) in [5.74, 6) is -0.221. The Morgan fingerprint density at radius 3 is 2.58 bits per heavy atom. The van der Waals surface area contributed by atoms with E-state index in [1.807, 2.05) is 6.92 Å². The monoisotopic (exact) mass is 357 g/mol. The number of nitrogens with zero attached hydrogens (tertiary/aromatic N) is 3. The van der Waals surface area contributed by atoms with Gasteiger partial charge in [0, 0.05) is 6.07 Å². The number of aromatic nitrogens is 2. The Bertz CT molecular complexity index is 770. The lowest BCUT2D eigenvalue weighted by atomic mass is 10.1. The Hall–Kier alpha value is -2.16. The molecule has 1 saturated heterocycles. The number of alkyl halides is 3. The van der Waals surface area contributed by atoms with Crippen molar-refractivity contribution < 1.29 is 22.7 Å². The smallest absolute Gasteiger partial charge is 0.433 e. The molecule has 0 atom stereocenters. The molecular weight excluding hydrogens is 343 g/mol. The fourth-order valence-electron chi connectivity index (χ4n) is 2.36. The third kappa shape index (κ3) is 3.35. The summed E-state index contributed by atoms with van der Waals surface area (Å²) in [5, 5.41) is 0.817. The lowest BCUT2D eigenvalue weighted by molar-refractivity contribution is -0.141. The summed E-state index contributed by atoms with van der Waals surface area (Å²) in [6.07, 6.45) is -4.87. The second-order valence-corrected chi connectivity index (χ2v) is 6.66. The van der Waals surface area contributed by atoms with Gasteiger partial charge in [0.1, 0.15) is 16.7 Å². The Labute approximate surface area is 140 Å². The van der Waals surface area contributed by atoms with Crippen molar-refractivity contribution in [1.82, 2.24) is 14.9 Å². The van der Waals surface area contributed by atoms with Gasteiger partial charge in [0.05, 0.1) is 23.8 Å². The van der Waals surface area contributed by atoms with Crippen LogP contribution in [0.25, 0.3) is 0 Å². The largest absolute Gasteiger partial charge is 0.471 e. The van der Waals surface area contributed by atoms with E-state index in [0.29, 0.717) is 23.7 Å². The minimum Gasteiger partial charge on any atom is -0.471 e. The fourth-order valence-corrected chi connectivity index (χ4v) is 3.25. The van der Waals surface area contributed by atoms with Gasteiger partial charge >= 0.3 is 6.18 Å². The van der Waals surface area contributed by atoms with Crippen LogP contribution in [0.5, 0.6) is 5.88 Å². The molecule has 3 heterocycles. The minimum absolute atomic E-state index is 0.0910. The number of likely N-dealkylation sites (tertiary alicyclic amines) is 1. The number of carbonyl (C=O) groups excluding carboxylic acids is 1. The van der Waals surface area contributed by atoms with Crippen molar-refractivity contribution in [3.8, 4) is 5.88 Å². The van der Waals surface area contributed by atoms with E-state index in [1.54, 1.807) is 11.8 Å². The molecule has 0 radical (unpaired) electrons. The maximum absolute atomic E-state index is 12.6. The van der Waals surface area contributed by atoms with Gasteiger partial charge in [-0.15, -0.1) is 11.3 Å². The van der Waals surface area contributed by atoms with Gasteiger partial charge in [-0.3, -0.25) is 4.79 Å². The van der Waals surface area contributed by atoms with Crippen molar-refractivity contribution in [3.05, 3.63) is 39.5 Å². The summed E-state index contributed by atoms with van der Waals surface area (Å²) in [7, 11) is 0.